The summed E-state index contributed by atoms with van der Waals surface area (Å²) in [4.78, 5) is 12.9. The van der Waals surface area contributed by atoms with Crippen LogP contribution in [0.5, 0.6) is 0 Å². The predicted molar refractivity (Wildman–Crippen MR) is 85.5 cm³/mol. The number of halogens is 2. The fraction of sp³-hybridized carbons (Fsp3) is 0.312. The Bertz CT molecular complexity index is 629. The van der Waals surface area contributed by atoms with Crippen LogP contribution in [0.3, 0.4) is 0 Å². The van der Waals surface area contributed by atoms with Crippen molar-refractivity contribution in [1.82, 2.24) is 10.6 Å². The summed E-state index contributed by atoms with van der Waals surface area (Å²) in [6, 6.07) is 6.77. The van der Waals surface area contributed by atoms with Gasteiger partial charge in [0.1, 0.15) is 17.7 Å². The van der Waals surface area contributed by atoms with Gasteiger partial charge in [0.15, 0.2) is 0 Å². The number of carbonyl (C=O) groups excluding carboxylic acids is 1. The fourth-order valence-corrected chi connectivity index (χ4v) is 2.89. The van der Waals surface area contributed by atoms with Gasteiger partial charge in [-0.05, 0) is 23.6 Å². The summed E-state index contributed by atoms with van der Waals surface area (Å²) in [5, 5.41) is 16.9. The molecule has 2 atom stereocenters. The zero-order valence-electron chi connectivity index (χ0n) is 12.6. The molecular weight excluding hydrogens is 322 g/mol. The van der Waals surface area contributed by atoms with Crippen LogP contribution in [0.1, 0.15) is 29.4 Å². The zero-order valence-corrected chi connectivity index (χ0v) is 13.4. The molecule has 3 N–H and O–H groups in total. The van der Waals surface area contributed by atoms with E-state index in [0.29, 0.717) is 6.54 Å². The maximum atomic E-state index is 13.5. The van der Waals surface area contributed by atoms with Crippen molar-refractivity contribution in [3.63, 3.8) is 0 Å². The number of urea groups is 1. The fourth-order valence-electron chi connectivity index (χ4n) is 2.10. The van der Waals surface area contributed by atoms with Gasteiger partial charge < -0.3 is 15.7 Å². The molecule has 2 amide bonds. The molecule has 0 saturated carbocycles. The summed E-state index contributed by atoms with van der Waals surface area (Å²) < 4.78 is 27.0. The molecule has 1 aromatic heterocycles. The topological polar surface area (TPSA) is 61.4 Å². The molecule has 0 aliphatic heterocycles. The summed E-state index contributed by atoms with van der Waals surface area (Å²) in [5.41, 5.74) is -0.445. The lowest BCUT2D eigenvalue weighted by atomic mass is 10.1. The Kier molecular flexibility index (Phi) is 6.06. The van der Waals surface area contributed by atoms with Gasteiger partial charge in [0.25, 0.3) is 0 Å². The van der Waals surface area contributed by atoms with Gasteiger partial charge in [0.05, 0.1) is 5.56 Å². The van der Waals surface area contributed by atoms with Gasteiger partial charge in [-0.1, -0.05) is 19.1 Å². The Balaban J connectivity index is 1.80. The van der Waals surface area contributed by atoms with Crippen LogP contribution in [0.15, 0.2) is 35.7 Å². The highest BCUT2D eigenvalue weighted by Crippen LogP contribution is 2.20. The summed E-state index contributed by atoms with van der Waals surface area (Å²) in [5.74, 6) is -1.52. The third-order valence-electron chi connectivity index (χ3n) is 3.39. The van der Waals surface area contributed by atoms with Crippen molar-refractivity contribution < 1.29 is 18.7 Å². The monoisotopic (exact) mass is 340 g/mol. The average molecular weight is 340 g/mol. The van der Waals surface area contributed by atoms with Crippen LogP contribution in [-0.2, 0) is 0 Å². The summed E-state index contributed by atoms with van der Waals surface area (Å²) in [6.07, 6.45) is -1.45. The maximum absolute atomic E-state index is 13.5. The minimum atomic E-state index is -1.45. The number of hydrogen-bond donors (Lipinski definition) is 3. The number of benzene rings is 1. The molecule has 2 unspecified atom stereocenters. The lowest BCUT2D eigenvalue weighted by Gasteiger charge is -2.15. The first-order chi connectivity index (χ1) is 11.0. The van der Waals surface area contributed by atoms with Crippen LogP contribution in [0.25, 0.3) is 0 Å². The van der Waals surface area contributed by atoms with E-state index in [2.05, 4.69) is 10.6 Å². The van der Waals surface area contributed by atoms with Gasteiger partial charge in [-0.25, -0.2) is 13.6 Å². The Hall–Kier alpha value is -1.99. The quantitative estimate of drug-likeness (QED) is 0.756. The molecule has 0 bridgehead atoms. The number of carbonyl (C=O) groups is 1. The molecular formula is C16H18F2N2O2S. The summed E-state index contributed by atoms with van der Waals surface area (Å²) in [6.45, 7) is 2.13. The Morgan fingerprint density at radius 1 is 1.17 bits per heavy atom. The molecule has 1 aromatic carbocycles. The van der Waals surface area contributed by atoms with Crippen molar-refractivity contribution in [1.29, 1.82) is 0 Å². The lowest BCUT2D eigenvalue weighted by Crippen LogP contribution is -2.39. The lowest BCUT2D eigenvalue weighted by molar-refractivity contribution is 0.164. The molecule has 124 valence electrons. The largest absolute Gasteiger partial charge is 0.386 e. The van der Waals surface area contributed by atoms with Gasteiger partial charge >= 0.3 is 6.03 Å². The molecule has 1 heterocycles. The molecule has 7 heteroatoms. The molecule has 0 saturated heterocycles. The normalized spacial score (nSPS) is 13.4. The molecule has 0 fully saturated rings. The molecule has 0 aliphatic rings. The Morgan fingerprint density at radius 2 is 1.83 bits per heavy atom. The van der Waals surface area contributed by atoms with Crippen molar-refractivity contribution in [2.45, 2.75) is 18.9 Å². The minimum Gasteiger partial charge on any atom is -0.386 e. The van der Waals surface area contributed by atoms with Crippen LogP contribution in [0.4, 0.5) is 13.6 Å². The highest BCUT2D eigenvalue weighted by atomic mass is 32.1. The standard InChI is InChI=1S/C16H18F2N2O2S/c1-10(14-6-3-7-23-14)8-19-16(22)20-9-13(21)15-11(17)4-2-5-12(15)18/h2-7,10,13,21H,8-9H2,1H3,(H2,19,20,22). The highest BCUT2D eigenvalue weighted by Gasteiger charge is 2.18. The number of aliphatic hydroxyl groups is 1. The SMILES string of the molecule is CC(CNC(=O)NCC(O)c1c(F)cccc1F)c1cccs1. The van der Waals surface area contributed by atoms with E-state index in [0.717, 1.165) is 17.0 Å². The minimum absolute atomic E-state index is 0.162. The number of hydrogen-bond acceptors (Lipinski definition) is 3. The van der Waals surface area contributed by atoms with E-state index in [1.165, 1.54) is 6.07 Å². The molecule has 0 spiro atoms. The van der Waals surface area contributed by atoms with Crippen molar-refractivity contribution in [2.75, 3.05) is 13.1 Å². The van der Waals surface area contributed by atoms with Crippen LogP contribution >= 0.6 is 11.3 Å². The van der Waals surface area contributed by atoms with Crippen molar-refractivity contribution in [2.24, 2.45) is 0 Å². The first-order valence-electron chi connectivity index (χ1n) is 7.16. The van der Waals surface area contributed by atoms with Crippen molar-refractivity contribution in [3.8, 4) is 0 Å². The number of amides is 2. The summed E-state index contributed by atoms with van der Waals surface area (Å²) >= 11 is 1.61. The number of thiophene rings is 1. The van der Waals surface area contributed by atoms with Gasteiger partial charge in [-0.15, -0.1) is 11.3 Å². The van der Waals surface area contributed by atoms with E-state index in [1.54, 1.807) is 11.3 Å². The highest BCUT2D eigenvalue weighted by molar-refractivity contribution is 7.10. The van der Waals surface area contributed by atoms with E-state index in [1.807, 2.05) is 24.4 Å². The van der Waals surface area contributed by atoms with Gasteiger partial charge in [-0.3, -0.25) is 0 Å². The van der Waals surface area contributed by atoms with E-state index < -0.39 is 29.3 Å². The van der Waals surface area contributed by atoms with E-state index in [-0.39, 0.29) is 12.5 Å². The Labute approximate surface area is 137 Å². The van der Waals surface area contributed by atoms with E-state index in [4.69, 9.17) is 0 Å². The van der Waals surface area contributed by atoms with Gasteiger partial charge in [0, 0.05) is 23.9 Å². The predicted octanol–water partition coefficient (Wildman–Crippen LogP) is 3.16. The first kappa shape index (κ1) is 17.4. The number of aliphatic hydroxyl groups excluding tert-OH is 1. The second kappa shape index (κ2) is 8.03. The molecule has 0 aliphatic carbocycles. The second-order valence-electron chi connectivity index (χ2n) is 5.16. The molecule has 0 radical (unpaired) electrons. The smallest absolute Gasteiger partial charge is 0.314 e. The summed E-state index contributed by atoms with van der Waals surface area (Å²) in [7, 11) is 0. The average Bonchev–Trinajstić information content (AvgIpc) is 3.05. The first-order valence-corrected chi connectivity index (χ1v) is 8.04. The van der Waals surface area contributed by atoms with Crippen LogP contribution in [0.2, 0.25) is 0 Å². The van der Waals surface area contributed by atoms with Crippen LogP contribution in [-0.4, -0.2) is 24.2 Å². The van der Waals surface area contributed by atoms with E-state index in [9.17, 15) is 18.7 Å². The Morgan fingerprint density at radius 3 is 2.43 bits per heavy atom. The number of nitrogens with one attached hydrogen (secondary N) is 2. The molecule has 2 rings (SSSR count). The van der Waals surface area contributed by atoms with Crippen molar-refractivity contribution >= 4 is 17.4 Å². The van der Waals surface area contributed by atoms with Gasteiger partial charge in [0.2, 0.25) is 0 Å². The third-order valence-corrected chi connectivity index (χ3v) is 4.49. The molecule has 2 aromatic rings. The molecule has 4 nitrogen and oxygen atoms in total. The van der Waals surface area contributed by atoms with Crippen LogP contribution in [0, 0.1) is 11.6 Å². The van der Waals surface area contributed by atoms with Crippen LogP contribution < -0.4 is 10.6 Å². The van der Waals surface area contributed by atoms with E-state index >= 15 is 0 Å². The third kappa shape index (κ3) is 4.74. The molecule has 23 heavy (non-hydrogen) atoms. The van der Waals surface area contributed by atoms with Crippen molar-refractivity contribution in [3.05, 3.63) is 57.8 Å². The second-order valence-corrected chi connectivity index (χ2v) is 6.14. The number of rotatable bonds is 6. The zero-order chi connectivity index (χ0) is 16.8. The maximum Gasteiger partial charge on any atom is 0.314 e. The van der Waals surface area contributed by atoms with Gasteiger partial charge in [-0.2, -0.15) is 0 Å².